The average molecular weight is 408 g/mol. The molecule has 0 radical (unpaired) electrons. The van der Waals surface area contributed by atoms with Gasteiger partial charge in [0.1, 0.15) is 16.7 Å². The summed E-state index contributed by atoms with van der Waals surface area (Å²) >= 11 is 0. The van der Waals surface area contributed by atoms with Gasteiger partial charge in [-0.05, 0) is 48.0 Å². The zero-order valence-corrected chi connectivity index (χ0v) is 15.8. The Bertz CT molecular complexity index is 1140. The number of carbonyl (C=O) groups excluding carboxylic acids is 1. The number of nitrogens with zero attached hydrogens (tertiary/aromatic N) is 3. The lowest BCUT2D eigenvalue weighted by Gasteiger charge is -2.11. The molecule has 0 aliphatic heterocycles. The smallest absolute Gasteiger partial charge is 0.319 e. The van der Waals surface area contributed by atoms with Crippen LogP contribution in [0.3, 0.4) is 0 Å². The maximum Gasteiger partial charge on any atom is 0.319 e. The van der Waals surface area contributed by atoms with Crippen molar-refractivity contribution >= 4 is 27.4 Å². The van der Waals surface area contributed by atoms with Crippen LogP contribution in [0.15, 0.2) is 72.0 Å². The summed E-state index contributed by atoms with van der Waals surface area (Å²) in [4.78, 5) is 19.6. The van der Waals surface area contributed by atoms with Crippen molar-refractivity contribution in [1.29, 1.82) is 5.26 Å². The Labute approximate surface area is 167 Å². The summed E-state index contributed by atoms with van der Waals surface area (Å²) in [7, 11) is -3.89. The molecule has 3 N–H and O–H groups in total. The summed E-state index contributed by atoms with van der Waals surface area (Å²) in [5.74, 6) is 0. The third-order valence-electron chi connectivity index (χ3n) is 3.74. The van der Waals surface area contributed by atoms with E-state index in [-0.39, 0.29) is 16.3 Å². The normalized spacial score (nSPS) is 10.6. The Morgan fingerprint density at radius 2 is 1.83 bits per heavy atom. The van der Waals surface area contributed by atoms with Gasteiger partial charge < -0.3 is 10.6 Å². The van der Waals surface area contributed by atoms with Crippen molar-refractivity contribution in [3.05, 3.63) is 78.4 Å². The molecule has 0 aliphatic carbocycles. The van der Waals surface area contributed by atoms with Gasteiger partial charge in [-0.15, -0.1) is 0 Å². The highest BCUT2D eigenvalue weighted by atomic mass is 32.2. The second-order valence-corrected chi connectivity index (χ2v) is 7.52. The van der Waals surface area contributed by atoms with Crippen LogP contribution in [0.25, 0.3) is 0 Å². The van der Waals surface area contributed by atoms with Gasteiger partial charge in [0, 0.05) is 30.8 Å². The van der Waals surface area contributed by atoms with Crippen molar-refractivity contribution in [2.75, 3.05) is 10.0 Å². The number of benzene rings is 1. The number of amides is 2. The zero-order valence-electron chi connectivity index (χ0n) is 15.0. The number of anilines is 2. The third kappa shape index (κ3) is 5.50. The van der Waals surface area contributed by atoms with Crippen LogP contribution in [-0.2, 0) is 16.6 Å². The van der Waals surface area contributed by atoms with Crippen LogP contribution < -0.4 is 15.4 Å². The van der Waals surface area contributed by atoms with Gasteiger partial charge >= 0.3 is 6.03 Å². The second kappa shape index (κ2) is 8.81. The number of nitrogens with one attached hydrogen (secondary N) is 3. The first-order valence-electron chi connectivity index (χ1n) is 8.39. The van der Waals surface area contributed by atoms with Crippen molar-refractivity contribution in [2.45, 2.75) is 11.4 Å². The largest absolute Gasteiger partial charge is 0.334 e. The standard InChI is InChI=1S/C19H16N6O3S/c20-11-17-4-5-18(13-22-17)29(27,28)25-16-3-1-2-15(10-16)24-19(26)23-12-14-6-8-21-9-7-14/h1-10,13,25H,12H2,(H2,23,24,26). The summed E-state index contributed by atoms with van der Waals surface area (Å²) in [5, 5.41) is 14.1. The first kappa shape index (κ1) is 19.8. The lowest BCUT2D eigenvalue weighted by atomic mass is 10.3. The van der Waals surface area contributed by atoms with Crippen LogP contribution >= 0.6 is 0 Å². The molecule has 0 bridgehead atoms. The lowest BCUT2D eigenvalue weighted by Crippen LogP contribution is -2.28. The quantitative estimate of drug-likeness (QED) is 0.573. The number of hydrogen-bond donors (Lipinski definition) is 3. The number of aromatic nitrogens is 2. The van der Waals surface area contributed by atoms with E-state index < -0.39 is 16.1 Å². The first-order valence-corrected chi connectivity index (χ1v) is 9.87. The molecule has 0 atom stereocenters. The Balaban J connectivity index is 1.64. The van der Waals surface area contributed by atoms with Crippen LogP contribution in [0.4, 0.5) is 16.2 Å². The Morgan fingerprint density at radius 1 is 1.07 bits per heavy atom. The molecule has 29 heavy (non-hydrogen) atoms. The van der Waals surface area contributed by atoms with E-state index in [4.69, 9.17) is 5.26 Å². The van der Waals surface area contributed by atoms with Crippen molar-refractivity contribution in [3.63, 3.8) is 0 Å². The lowest BCUT2D eigenvalue weighted by molar-refractivity contribution is 0.251. The fraction of sp³-hybridized carbons (Fsp3) is 0.0526. The maximum absolute atomic E-state index is 12.5. The number of pyridine rings is 2. The zero-order chi connectivity index (χ0) is 20.7. The molecule has 0 unspecified atom stereocenters. The molecule has 0 aliphatic rings. The van der Waals surface area contributed by atoms with Crippen LogP contribution in [0.1, 0.15) is 11.3 Å². The van der Waals surface area contributed by atoms with E-state index in [9.17, 15) is 13.2 Å². The molecule has 0 saturated carbocycles. The molecule has 2 heterocycles. The van der Waals surface area contributed by atoms with Gasteiger partial charge in [0.25, 0.3) is 10.0 Å². The fourth-order valence-electron chi connectivity index (χ4n) is 2.34. The molecule has 9 nitrogen and oxygen atoms in total. The summed E-state index contributed by atoms with van der Waals surface area (Å²) < 4.78 is 27.3. The van der Waals surface area contributed by atoms with Crippen LogP contribution in [-0.4, -0.2) is 24.4 Å². The molecular formula is C19H16N6O3S. The second-order valence-electron chi connectivity index (χ2n) is 5.84. The highest BCUT2D eigenvalue weighted by molar-refractivity contribution is 7.92. The van der Waals surface area contributed by atoms with Crippen molar-refractivity contribution in [3.8, 4) is 6.07 Å². The third-order valence-corrected chi connectivity index (χ3v) is 5.10. The van der Waals surface area contributed by atoms with Crippen LogP contribution in [0.5, 0.6) is 0 Å². The van der Waals surface area contributed by atoms with E-state index in [0.29, 0.717) is 12.2 Å². The van der Waals surface area contributed by atoms with Gasteiger partial charge in [-0.3, -0.25) is 9.71 Å². The number of carbonyl (C=O) groups is 1. The fourth-order valence-corrected chi connectivity index (χ4v) is 3.33. The van der Waals surface area contributed by atoms with Gasteiger partial charge in [-0.25, -0.2) is 18.2 Å². The minimum atomic E-state index is -3.89. The average Bonchev–Trinajstić information content (AvgIpc) is 2.73. The molecule has 0 fully saturated rings. The number of urea groups is 1. The summed E-state index contributed by atoms with van der Waals surface area (Å²) in [6.45, 7) is 0.326. The van der Waals surface area contributed by atoms with Gasteiger partial charge in [0.2, 0.25) is 0 Å². The monoisotopic (exact) mass is 408 g/mol. The molecule has 0 spiro atoms. The van der Waals surface area contributed by atoms with Gasteiger partial charge in [-0.2, -0.15) is 5.26 Å². The van der Waals surface area contributed by atoms with Crippen LogP contribution in [0.2, 0.25) is 0 Å². The van der Waals surface area contributed by atoms with Crippen molar-refractivity contribution in [2.24, 2.45) is 0 Å². The van der Waals surface area contributed by atoms with E-state index in [1.807, 2.05) is 6.07 Å². The Morgan fingerprint density at radius 3 is 2.52 bits per heavy atom. The molecule has 3 rings (SSSR count). The Kier molecular flexibility index (Phi) is 6.01. The van der Waals surface area contributed by atoms with Crippen LogP contribution in [0, 0.1) is 11.3 Å². The number of sulfonamides is 1. The number of rotatable bonds is 6. The maximum atomic E-state index is 12.5. The molecule has 1 aromatic carbocycles. The first-order chi connectivity index (χ1) is 14.0. The molecule has 2 amide bonds. The SMILES string of the molecule is N#Cc1ccc(S(=O)(=O)Nc2cccc(NC(=O)NCc3ccncc3)c2)cn1. The van der Waals surface area contributed by atoms with Gasteiger partial charge in [0.05, 0.1) is 5.69 Å². The van der Waals surface area contributed by atoms with E-state index in [2.05, 4.69) is 25.3 Å². The predicted octanol–water partition coefficient (Wildman–Crippen LogP) is 2.47. The number of hydrogen-bond acceptors (Lipinski definition) is 6. The summed E-state index contributed by atoms with van der Waals surface area (Å²) in [5.41, 5.74) is 1.69. The van der Waals surface area contributed by atoms with Crippen molar-refractivity contribution < 1.29 is 13.2 Å². The molecule has 3 aromatic rings. The highest BCUT2D eigenvalue weighted by Crippen LogP contribution is 2.19. The van der Waals surface area contributed by atoms with E-state index in [1.165, 1.54) is 18.2 Å². The molecule has 2 aromatic heterocycles. The van der Waals surface area contributed by atoms with E-state index in [1.54, 1.807) is 42.7 Å². The number of nitriles is 1. The Hall–Kier alpha value is -3.97. The molecular weight excluding hydrogens is 392 g/mol. The topological polar surface area (TPSA) is 137 Å². The van der Waals surface area contributed by atoms with E-state index in [0.717, 1.165) is 11.8 Å². The van der Waals surface area contributed by atoms with Gasteiger partial charge in [0.15, 0.2) is 0 Å². The highest BCUT2D eigenvalue weighted by Gasteiger charge is 2.15. The molecule has 0 saturated heterocycles. The summed E-state index contributed by atoms with van der Waals surface area (Å²) in [6, 6.07) is 13.9. The molecule has 10 heteroatoms. The van der Waals surface area contributed by atoms with Gasteiger partial charge in [-0.1, -0.05) is 6.07 Å². The molecule has 146 valence electrons. The minimum absolute atomic E-state index is 0.0787. The predicted molar refractivity (Wildman–Crippen MR) is 106 cm³/mol. The van der Waals surface area contributed by atoms with E-state index >= 15 is 0 Å². The van der Waals surface area contributed by atoms with Crippen molar-refractivity contribution in [1.82, 2.24) is 15.3 Å². The summed E-state index contributed by atoms with van der Waals surface area (Å²) in [6.07, 6.45) is 4.37. The minimum Gasteiger partial charge on any atom is -0.334 e.